The molecule has 6 heterocycles. The molecule has 12 aromatic rings. The van der Waals surface area contributed by atoms with Gasteiger partial charge in [0.05, 0.1) is 115 Å². The molecule has 684 valence electrons. The Kier molecular flexibility index (Phi) is 31.0. The number of hydrogen-bond acceptors (Lipinski definition) is 28. The molecule has 0 aliphatic carbocycles. The summed E-state index contributed by atoms with van der Waals surface area (Å²) in [5.74, 6) is 1.96. The van der Waals surface area contributed by atoms with Gasteiger partial charge in [-0.1, -0.05) is 108 Å². The molecular formula is C92H90FN21O16S3. The predicted octanol–water partition coefficient (Wildman–Crippen LogP) is 13.8. The maximum Gasteiger partial charge on any atom is 0.273 e. The molecule has 0 saturated carbocycles. The van der Waals surface area contributed by atoms with Crippen molar-refractivity contribution in [2.24, 2.45) is 36.4 Å². The minimum absolute atomic E-state index is 0.00228. The number of benzene rings is 9. The first-order chi connectivity index (χ1) is 64.0. The van der Waals surface area contributed by atoms with Gasteiger partial charge in [0.1, 0.15) is 28.8 Å². The van der Waals surface area contributed by atoms with Crippen molar-refractivity contribution in [3.05, 3.63) is 326 Å². The first-order valence-electron chi connectivity index (χ1n) is 41.2. The average molecular weight is 1860 g/mol. The third kappa shape index (κ3) is 22.7. The predicted molar refractivity (Wildman–Crippen MR) is 494 cm³/mol. The summed E-state index contributed by atoms with van der Waals surface area (Å²) in [7, 11) is 11.6. The third-order valence-corrected chi connectivity index (χ3v) is 25.2. The van der Waals surface area contributed by atoms with Crippen molar-refractivity contribution in [3.63, 3.8) is 0 Å². The highest BCUT2D eigenvalue weighted by Gasteiger charge is 2.38. The summed E-state index contributed by atoms with van der Waals surface area (Å²) in [4.78, 5) is 111. The number of halogens is 1. The molecule has 3 aliphatic heterocycles. The van der Waals surface area contributed by atoms with Crippen LogP contribution in [0.15, 0.2) is 231 Å². The molecule has 37 nitrogen and oxygen atoms in total. The first kappa shape index (κ1) is 95.2. The van der Waals surface area contributed by atoms with Gasteiger partial charge in [-0.15, -0.1) is 30.6 Å². The van der Waals surface area contributed by atoms with E-state index < -0.39 is 38.5 Å². The number of nitrogens with one attached hydrogen (secondary N) is 3. The molecule has 15 rings (SSSR count). The fourth-order valence-electron chi connectivity index (χ4n) is 14.6. The number of hydrogen-bond donors (Lipinski definition) is 3. The maximum atomic E-state index is 13.7. The van der Waals surface area contributed by atoms with Crippen LogP contribution in [0, 0.1) is 63.9 Å². The van der Waals surface area contributed by atoms with Gasteiger partial charge in [0.25, 0.3) is 52.5 Å². The lowest BCUT2D eigenvalue weighted by Crippen LogP contribution is -2.28. The van der Waals surface area contributed by atoms with E-state index in [0.717, 1.165) is 73.3 Å². The molecule has 133 heavy (non-hydrogen) atoms. The number of thioether (sulfide) groups is 3. The topological polar surface area (TPSA) is 444 Å². The molecule has 41 heteroatoms. The molecule has 3 atom stereocenters. The fraction of sp³-hybridized carbons (Fsp3) is 0.250. The minimum Gasteiger partial charge on any atom is -0.497 e. The van der Waals surface area contributed by atoms with Crippen LogP contribution in [-0.4, -0.2) is 172 Å². The molecule has 0 radical (unpaired) electrons. The number of carbonyl (C=O) groups is 6. The van der Waals surface area contributed by atoms with E-state index >= 15 is 0 Å². The molecule has 0 bridgehead atoms. The fourth-order valence-corrected chi connectivity index (χ4v) is 16.9. The maximum absolute atomic E-state index is 13.7. The van der Waals surface area contributed by atoms with E-state index in [-0.39, 0.29) is 123 Å². The van der Waals surface area contributed by atoms with Crippen LogP contribution in [0.4, 0.5) is 21.5 Å². The zero-order chi connectivity index (χ0) is 94.8. The SMILES string of the molecule is COc1ccc(C2=NN(C(=O)CSc3nnc(CNC(=O)c4cccc([N+](=O)[O-])c4C)n3C)C(c3ccc(C)cc3)C2)cc1.COc1ccc(C2=NN(C(=O)CSc3nnc(CNC(=O)c4cccc([N+](=O)[O-])c4C)n3C)C(c3ccc(F)cc3)C2)cc1.COc1ccc(C2=NN(C(=O)CSc3nnc(CNC(=O)c4cccc([N+](=O)[O-])c4C)n3C)C(c3ccc(OC)cc3)C2)cc1. The van der Waals surface area contributed by atoms with E-state index in [1.165, 1.54) is 133 Å². The van der Waals surface area contributed by atoms with Gasteiger partial charge in [-0.05, 0) is 176 Å². The van der Waals surface area contributed by atoms with Crippen LogP contribution in [-0.2, 0) is 55.2 Å². The van der Waals surface area contributed by atoms with Crippen molar-refractivity contribution in [1.82, 2.24) is 75.3 Å². The second-order valence-corrected chi connectivity index (χ2v) is 33.2. The average Bonchev–Trinajstić information content (AvgIpc) is 1.66. The summed E-state index contributed by atoms with van der Waals surface area (Å²) in [6.07, 6.45) is 1.56. The second-order valence-electron chi connectivity index (χ2n) is 30.3. The Morgan fingerprint density at radius 2 is 0.632 bits per heavy atom. The van der Waals surface area contributed by atoms with Crippen molar-refractivity contribution in [2.75, 3.05) is 45.7 Å². The van der Waals surface area contributed by atoms with E-state index in [1.54, 1.807) is 80.4 Å². The molecule has 0 saturated heterocycles. The van der Waals surface area contributed by atoms with Gasteiger partial charge in [-0.25, -0.2) is 19.4 Å². The molecule has 0 fully saturated rings. The number of nitro benzene ring substituents is 3. The molecule has 3 aliphatic rings. The molecule has 0 spiro atoms. The normalized spacial score (nSPS) is 14.3. The summed E-state index contributed by atoms with van der Waals surface area (Å²) in [5.41, 5.74) is 9.85. The molecule has 3 unspecified atom stereocenters. The van der Waals surface area contributed by atoms with E-state index in [0.29, 0.717) is 58.0 Å². The number of aryl methyl sites for hydroxylation is 1. The second kappa shape index (κ2) is 43.4. The van der Waals surface area contributed by atoms with Gasteiger partial charge in [0.15, 0.2) is 32.9 Å². The number of methoxy groups -OCH3 is 4. The summed E-state index contributed by atoms with van der Waals surface area (Å²) >= 11 is 3.61. The van der Waals surface area contributed by atoms with Crippen LogP contribution in [0.5, 0.6) is 23.0 Å². The highest BCUT2D eigenvalue weighted by Crippen LogP contribution is 2.39. The monoisotopic (exact) mass is 1860 g/mol. The Morgan fingerprint density at radius 3 is 0.895 bits per heavy atom. The Bertz CT molecular complexity index is 6200. The minimum atomic E-state index is -0.533. The lowest BCUT2D eigenvalue weighted by atomic mass is 9.97. The Hall–Kier alpha value is -15.4. The van der Waals surface area contributed by atoms with Crippen molar-refractivity contribution in [1.29, 1.82) is 0 Å². The Morgan fingerprint density at radius 1 is 0.376 bits per heavy atom. The number of rotatable bonds is 31. The van der Waals surface area contributed by atoms with Crippen molar-refractivity contribution in [3.8, 4) is 23.0 Å². The van der Waals surface area contributed by atoms with Crippen molar-refractivity contribution in [2.45, 2.75) is 100 Å². The summed E-state index contributed by atoms with van der Waals surface area (Å²) < 4.78 is 39.8. The molecule has 3 N–H and O–H groups in total. The zero-order valence-electron chi connectivity index (χ0n) is 73.8. The van der Waals surface area contributed by atoms with E-state index in [9.17, 15) is 63.5 Å². The Labute approximate surface area is 774 Å². The van der Waals surface area contributed by atoms with Gasteiger partial charge in [0, 0.05) is 92.0 Å². The highest BCUT2D eigenvalue weighted by molar-refractivity contribution is 8.00. The molecule has 6 amide bonds. The molecule has 3 aromatic heterocycles. The summed E-state index contributed by atoms with van der Waals surface area (Å²) in [6, 6.07) is 56.4. The molecular weight excluding hydrogens is 1770 g/mol. The van der Waals surface area contributed by atoms with E-state index in [1.807, 2.05) is 128 Å². The summed E-state index contributed by atoms with van der Waals surface area (Å²) in [6.45, 7) is 6.72. The number of amides is 6. The van der Waals surface area contributed by atoms with Gasteiger partial charge in [0.2, 0.25) is 0 Å². The number of nitro groups is 3. The number of hydrazone groups is 3. The molecule has 9 aromatic carbocycles. The van der Waals surface area contributed by atoms with Gasteiger partial charge < -0.3 is 48.6 Å². The van der Waals surface area contributed by atoms with Crippen molar-refractivity contribution < 1.29 is 66.9 Å². The summed E-state index contributed by atoms with van der Waals surface area (Å²) in [5, 5.41) is 87.0. The quantitative estimate of drug-likeness (QED) is 0.0206. The van der Waals surface area contributed by atoms with Crippen LogP contribution >= 0.6 is 35.3 Å². The smallest absolute Gasteiger partial charge is 0.273 e. The van der Waals surface area contributed by atoms with Crippen LogP contribution in [0.1, 0.15) is 142 Å². The lowest BCUT2D eigenvalue weighted by Gasteiger charge is -2.22. The zero-order valence-corrected chi connectivity index (χ0v) is 76.3. The van der Waals surface area contributed by atoms with Gasteiger partial charge >= 0.3 is 0 Å². The highest BCUT2D eigenvalue weighted by atomic mass is 32.2. The number of ether oxygens (including phenoxy) is 4. The lowest BCUT2D eigenvalue weighted by molar-refractivity contribution is -0.385. The number of aromatic nitrogens is 9. The van der Waals surface area contributed by atoms with Crippen LogP contribution in [0.2, 0.25) is 0 Å². The van der Waals surface area contributed by atoms with Crippen LogP contribution in [0.25, 0.3) is 0 Å². The number of carbonyl (C=O) groups excluding carboxylic acids is 6. The Balaban J connectivity index is 0.000000169. The van der Waals surface area contributed by atoms with Crippen molar-refractivity contribution >= 4 is 105 Å². The van der Waals surface area contributed by atoms with Gasteiger partial charge in [-0.2, -0.15) is 15.3 Å². The van der Waals surface area contributed by atoms with Gasteiger partial charge in [-0.3, -0.25) is 59.1 Å². The van der Waals surface area contributed by atoms with Crippen LogP contribution < -0.4 is 34.9 Å². The number of nitrogens with zero attached hydrogens (tertiary/aromatic N) is 18. The first-order valence-corrected chi connectivity index (χ1v) is 44.1. The largest absolute Gasteiger partial charge is 0.497 e. The third-order valence-electron chi connectivity index (χ3n) is 22.2. The van der Waals surface area contributed by atoms with E-state index in [2.05, 4.69) is 51.6 Å². The standard InChI is InChI=1S/C31H31N7O6S.C31H31N7O5S.C30H28FN7O5S/c1-19-24(6-5-7-26(19)38(41)42)30(40)32-17-28-33-34-31(36(28)2)45-18-29(39)37-27(21-10-14-23(44-4)15-11-21)16-25(35-37)20-8-12-22(43-3)13-9-20;1-19-8-10-22(11-9-19)27-16-25(21-12-14-23(43-4)15-13-21)35-37(27)29(39)18-44-31-34-33-28(36(31)3)17-32-30(40)24-6-5-7-26(20(24)2)38(41)42;1-18-23(5-4-6-25(18)38(41)42)29(40)32-16-27-33-34-30(36(27)2)44-17-28(39)37-26(20-7-11-21(31)12-8-20)15-24(35-37)19-9-13-22(43-3)14-10-19/h5-15,27H,16-18H2,1-4H3,(H,32,40);5-15,27H,16-18H2,1-4H3,(H,32,40);4-14,26H,15-17H2,1-3H3,(H,32,40). The van der Waals surface area contributed by atoms with Crippen LogP contribution in [0.3, 0.4) is 0 Å². The van der Waals surface area contributed by atoms with E-state index in [4.69, 9.17) is 29.2 Å².